The fourth-order valence-electron chi connectivity index (χ4n) is 3.53. The first-order valence-corrected chi connectivity index (χ1v) is 10.7. The number of rotatable bonds is 11. The van der Waals surface area contributed by atoms with Crippen LogP contribution in [0, 0.1) is 5.92 Å². The maximum absolute atomic E-state index is 5.72. The summed E-state index contributed by atoms with van der Waals surface area (Å²) in [7, 11) is 0. The Morgan fingerprint density at radius 1 is 1.30 bits per heavy atom. The first-order valence-electron chi connectivity index (χ1n) is 10.7. The number of aliphatic imine (C=N–C) groups is 1. The maximum Gasteiger partial charge on any atom is 0.191 e. The molecule has 2 aliphatic rings. The van der Waals surface area contributed by atoms with Crippen LogP contribution in [0.2, 0.25) is 0 Å². The summed E-state index contributed by atoms with van der Waals surface area (Å²) in [5.41, 5.74) is 0. The van der Waals surface area contributed by atoms with Crippen molar-refractivity contribution in [1.29, 1.82) is 0 Å². The van der Waals surface area contributed by atoms with Gasteiger partial charge in [-0.05, 0) is 70.2 Å². The molecule has 2 fully saturated rings. The molecule has 6 heteroatoms. The zero-order chi connectivity index (χ0) is 18.7. The van der Waals surface area contributed by atoms with Crippen molar-refractivity contribution in [1.82, 2.24) is 15.5 Å². The zero-order valence-corrected chi connectivity index (χ0v) is 16.8. The largest absolute Gasteiger partial charge is 0.468 e. The van der Waals surface area contributed by atoms with Gasteiger partial charge in [0.15, 0.2) is 5.96 Å². The molecule has 1 saturated heterocycles. The van der Waals surface area contributed by atoms with Crippen LogP contribution in [0.1, 0.15) is 57.3 Å². The van der Waals surface area contributed by atoms with Crippen LogP contribution < -0.4 is 10.6 Å². The van der Waals surface area contributed by atoms with Crippen LogP contribution in [-0.2, 0) is 4.74 Å². The molecule has 6 nitrogen and oxygen atoms in total. The van der Waals surface area contributed by atoms with E-state index in [9.17, 15) is 0 Å². The Morgan fingerprint density at radius 2 is 2.15 bits per heavy atom. The van der Waals surface area contributed by atoms with Gasteiger partial charge in [0.05, 0.1) is 18.8 Å². The molecule has 1 saturated carbocycles. The van der Waals surface area contributed by atoms with Gasteiger partial charge in [-0.25, -0.2) is 0 Å². The molecule has 1 atom stereocenters. The zero-order valence-electron chi connectivity index (χ0n) is 16.8. The summed E-state index contributed by atoms with van der Waals surface area (Å²) >= 11 is 0. The third-order valence-electron chi connectivity index (χ3n) is 5.28. The molecule has 0 amide bonds. The molecule has 2 N–H and O–H groups in total. The van der Waals surface area contributed by atoms with Crippen LogP contribution in [0.5, 0.6) is 0 Å². The van der Waals surface area contributed by atoms with Gasteiger partial charge in [0, 0.05) is 26.3 Å². The average Bonchev–Trinajstić information content (AvgIpc) is 3.37. The van der Waals surface area contributed by atoms with Gasteiger partial charge in [-0.1, -0.05) is 6.42 Å². The second-order valence-electron chi connectivity index (χ2n) is 7.65. The Bertz CT molecular complexity index is 536. The molecule has 1 aromatic rings. The lowest BCUT2D eigenvalue weighted by molar-refractivity contribution is 0.123. The molecule has 152 valence electrons. The van der Waals surface area contributed by atoms with Crippen LogP contribution in [0.25, 0.3) is 0 Å². The van der Waals surface area contributed by atoms with E-state index >= 15 is 0 Å². The summed E-state index contributed by atoms with van der Waals surface area (Å²) < 4.78 is 11.4. The Hall–Kier alpha value is -1.53. The van der Waals surface area contributed by atoms with Gasteiger partial charge in [-0.2, -0.15) is 0 Å². The van der Waals surface area contributed by atoms with E-state index < -0.39 is 0 Å². The lowest BCUT2D eigenvalue weighted by Crippen LogP contribution is -2.40. The van der Waals surface area contributed by atoms with Gasteiger partial charge in [0.1, 0.15) is 5.76 Å². The molecule has 0 spiro atoms. The van der Waals surface area contributed by atoms with Crippen molar-refractivity contribution in [2.24, 2.45) is 10.9 Å². The lowest BCUT2D eigenvalue weighted by atomic mass is 10.1. The second-order valence-corrected chi connectivity index (χ2v) is 7.65. The standard InChI is InChI=1S/C21H36N4O2/c1-2-22-21(23-11-7-14-26-17-18-9-10-18)24-16-19(20-8-6-15-27-20)25-12-4-3-5-13-25/h6,8,15,18-19H,2-5,7,9-14,16-17H2,1H3,(H2,22,23,24). The summed E-state index contributed by atoms with van der Waals surface area (Å²) in [4.78, 5) is 7.37. The number of guanidine groups is 1. The first-order chi connectivity index (χ1) is 13.4. The fourth-order valence-corrected chi connectivity index (χ4v) is 3.53. The third kappa shape index (κ3) is 7.18. The molecule has 1 aliphatic carbocycles. The summed E-state index contributed by atoms with van der Waals surface area (Å²) in [6.45, 7) is 8.57. The first kappa shape index (κ1) is 20.2. The second kappa shape index (κ2) is 11.3. The van der Waals surface area contributed by atoms with Crippen molar-refractivity contribution in [3.05, 3.63) is 24.2 Å². The highest BCUT2D eigenvalue weighted by Crippen LogP contribution is 2.28. The van der Waals surface area contributed by atoms with Crippen molar-refractivity contribution in [2.75, 3.05) is 45.9 Å². The van der Waals surface area contributed by atoms with Crippen LogP contribution in [0.3, 0.4) is 0 Å². The molecule has 0 radical (unpaired) electrons. The Morgan fingerprint density at radius 3 is 2.85 bits per heavy atom. The van der Waals surface area contributed by atoms with Gasteiger partial charge < -0.3 is 19.8 Å². The fraction of sp³-hybridized carbons (Fsp3) is 0.762. The topological polar surface area (TPSA) is 62.0 Å². The number of piperidine rings is 1. The maximum atomic E-state index is 5.72. The molecular formula is C21H36N4O2. The van der Waals surface area contributed by atoms with Crippen molar-refractivity contribution in [3.8, 4) is 0 Å². The minimum atomic E-state index is 0.220. The number of nitrogens with zero attached hydrogens (tertiary/aromatic N) is 2. The number of nitrogens with one attached hydrogen (secondary N) is 2. The molecule has 1 aliphatic heterocycles. The highest BCUT2D eigenvalue weighted by molar-refractivity contribution is 5.79. The van der Waals surface area contributed by atoms with E-state index in [-0.39, 0.29) is 6.04 Å². The van der Waals surface area contributed by atoms with Crippen molar-refractivity contribution in [2.45, 2.75) is 51.5 Å². The van der Waals surface area contributed by atoms with Crippen LogP contribution in [-0.4, -0.2) is 56.8 Å². The van der Waals surface area contributed by atoms with Crippen molar-refractivity contribution >= 4 is 5.96 Å². The normalized spacial score (nSPS) is 19.8. The highest BCUT2D eigenvalue weighted by Gasteiger charge is 2.24. The van der Waals surface area contributed by atoms with E-state index in [1.807, 2.05) is 6.07 Å². The van der Waals surface area contributed by atoms with E-state index in [0.29, 0.717) is 6.54 Å². The van der Waals surface area contributed by atoms with Gasteiger partial charge in [-0.3, -0.25) is 9.89 Å². The van der Waals surface area contributed by atoms with E-state index in [1.54, 1.807) is 6.26 Å². The van der Waals surface area contributed by atoms with Crippen molar-refractivity contribution in [3.63, 3.8) is 0 Å². The summed E-state index contributed by atoms with van der Waals surface area (Å²) in [6.07, 6.45) is 9.33. The molecule has 0 aromatic carbocycles. The van der Waals surface area contributed by atoms with Crippen molar-refractivity contribution < 1.29 is 9.15 Å². The van der Waals surface area contributed by atoms with Gasteiger partial charge >= 0.3 is 0 Å². The molecular weight excluding hydrogens is 340 g/mol. The van der Waals surface area contributed by atoms with Crippen LogP contribution in [0.15, 0.2) is 27.8 Å². The molecule has 0 bridgehead atoms. The summed E-state index contributed by atoms with van der Waals surface area (Å²) in [5, 5.41) is 6.79. The predicted octanol–water partition coefficient (Wildman–Crippen LogP) is 3.18. The SMILES string of the molecule is CCNC(=NCC(c1ccco1)N1CCCCC1)NCCCOCC1CC1. The molecule has 3 rings (SSSR count). The van der Waals surface area contributed by atoms with Crippen LogP contribution in [0.4, 0.5) is 0 Å². The third-order valence-corrected chi connectivity index (χ3v) is 5.28. The highest BCUT2D eigenvalue weighted by atomic mass is 16.5. The quantitative estimate of drug-likeness (QED) is 0.353. The molecule has 1 unspecified atom stereocenters. The van der Waals surface area contributed by atoms with Gasteiger partial charge in [0.2, 0.25) is 0 Å². The number of furan rings is 1. The smallest absolute Gasteiger partial charge is 0.191 e. The number of hydrogen-bond acceptors (Lipinski definition) is 4. The predicted molar refractivity (Wildman–Crippen MR) is 109 cm³/mol. The molecule has 1 aromatic heterocycles. The minimum absolute atomic E-state index is 0.220. The molecule has 27 heavy (non-hydrogen) atoms. The lowest BCUT2D eigenvalue weighted by Gasteiger charge is -2.32. The van der Waals surface area contributed by atoms with E-state index in [0.717, 1.165) is 63.5 Å². The van der Waals surface area contributed by atoms with E-state index in [2.05, 4.69) is 28.5 Å². The number of likely N-dealkylation sites (tertiary alicyclic amines) is 1. The Labute approximate surface area is 163 Å². The van der Waals surface area contributed by atoms with Crippen LogP contribution >= 0.6 is 0 Å². The average molecular weight is 377 g/mol. The summed E-state index contributed by atoms with van der Waals surface area (Å²) in [5.74, 6) is 2.74. The van der Waals surface area contributed by atoms with E-state index in [1.165, 1.54) is 32.1 Å². The molecule has 2 heterocycles. The number of ether oxygens (including phenoxy) is 1. The number of hydrogen-bond donors (Lipinski definition) is 2. The monoisotopic (exact) mass is 376 g/mol. The summed E-state index contributed by atoms with van der Waals surface area (Å²) in [6, 6.07) is 4.27. The van der Waals surface area contributed by atoms with E-state index in [4.69, 9.17) is 14.1 Å². The van der Waals surface area contributed by atoms with Gasteiger partial charge in [-0.15, -0.1) is 0 Å². The minimum Gasteiger partial charge on any atom is -0.468 e. The Balaban J connectivity index is 1.47. The van der Waals surface area contributed by atoms with Gasteiger partial charge in [0.25, 0.3) is 0 Å². The Kier molecular flexibility index (Phi) is 8.49.